The van der Waals surface area contributed by atoms with Crippen LogP contribution in [0.25, 0.3) is 11.2 Å². The number of anilines is 1. The Hall–Kier alpha value is -2.42. The summed E-state index contributed by atoms with van der Waals surface area (Å²) in [5.41, 5.74) is 0.150. The van der Waals surface area contributed by atoms with Gasteiger partial charge in [-0.2, -0.15) is 4.98 Å². The Labute approximate surface area is 108 Å². The maximum atomic E-state index is 11.6. The molecule has 2 rings (SSSR count). The number of hydrogen-bond donors (Lipinski definition) is 4. The lowest BCUT2D eigenvalue weighted by molar-refractivity contribution is 0.250. The van der Waals surface area contributed by atoms with Crippen LogP contribution in [0.1, 0.15) is 0 Å². The molecule has 0 bridgehead atoms. The van der Waals surface area contributed by atoms with Gasteiger partial charge in [-0.3, -0.25) is 15.1 Å². The fourth-order valence-corrected chi connectivity index (χ4v) is 1.45. The molecule has 2 aromatic heterocycles. The van der Waals surface area contributed by atoms with E-state index in [1.54, 1.807) is 0 Å². The number of nitrogens with zero attached hydrogens (tertiary/aromatic N) is 3. The molecule has 0 aromatic carbocycles. The standard InChI is InChI=1S/C10H15N7O2/c1-17(2)4-3-11-10(19)16-9-14-7-6(8(18)15-9)12-5-13-7/h5H,3-4H2,1-2H3,(H4,11,12,13,14,15,16,18,19). The number of amides is 2. The summed E-state index contributed by atoms with van der Waals surface area (Å²) in [5.74, 6) is 0.0620. The van der Waals surface area contributed by atoms with Crippen molar-refractivity contribution < 1.29 is 4.79 Å². The molecule has 0 atom stereocenters. The van der Waals surface area contributed by atoms with Gasteiger partial charge >= 0.3 is 6.03 Å². The largest absolute Gasteiger partial charge is 0.339 e. The zero-order chi connectivity index (χ0) is 13.8. The van der Waals surface area contributed by atoms with Crippen molar-refractivity contribution >= 4 is 23.1 Å². The minimum absolute atomic E-state index is 0.0620. The molecular formula is C10H15N7O2. The Morgan fingerprint density at radius 2 is 2.26 bits per heavy atom. The van der Waals surface area contributed by atoms with E-state index in [1.807, 2.05) is 19.0 Å². The molecule has 0 aliphatic carbocycles. The number of urea groups is 1. The molecule has 2 heterocycles. The molecule has 0 radical (unpaired) electrons. The van der Waals surface area contributed by atoms with Crippen LogP contribution in [0.5, 0.6) is 0 Å². The van der Waals surface area contributed by atoms with Crippen molar-refractivity contribution in [3.05, 3.63) is 16.7 Å². The van der Waals surface area contributed by atoms with E-state index in [0.29, 0.717) is 6.54 Å². The normalized spacial score (nSPS) is 10.9. The third kappa shape index (κ3) is 3.28. The highest BCUT2D eigenvalue weighted by atomic mass is 16.2. The van der Waals surface area contributed by atoms with E-state index in [4.69, 9.17) is 0 Å². The number of rotatable bonds is 4. The van der Waals surface area contributed by atoms with Crippen LogP contribution < -0.4 is 16.2 Å². The third-order valence-electron chi connectivity index (χ3n) is 2.37. The molecule has 0 saturated heterocycles. The van der Waals surface area contributed by atoms with Crippen LogP contribution in [0.15, 0.2) is 11.1 Å². The molecule has 0 saturated carbocycles. The van der Waals surface area contributed by atoms with Crippen molar-refractivity contribution in [3.8, 4) is 0 Å². The zero-order valence-corrected chi connectivity index (χ0v) is 10.6. The van der Waals surface area contributed by atoms with E-state index in [0.717, 1.165) is 6.54 Å². The molecule has 19 heavy (non-hydrogen) atoms. The fourth-order valence-electron chi connectivity index (χ4n) is 1.45. The average Bonchev–Trinajstić information content (AvgIpc) is 2.76. The molecule has 4 N–H and O–H groups in total. The Bertz CT molecular complexity index is 630. The van der Waals surface area contributed by atoms with Crippen LogP contribution in [-0.2, 0) is 0 Å². The fraction of sp³-hybridized carbons (Fsp3) is 0.400. The van der Waals surface area contributed by atoms with Crippen LogP contribution in [0.2, 0.25) is 0 Å². The average molecular weight is 265 g/mol. The molecule has 9 nitrogen and oxygen atoms in total. The van der Waals surface area contributed by atoms with Gasteiger partial charge in [-0.05, 0) is 14.1 Å². The summed E-state index contributed by atoms with van der Waals surface area (Å²) in [7, 11) is 3.81. The molecule has 2 amide bonds. The van der Waals surface area contributed by atoms with Crippen molar-refractivity contribution in [2.24, 2.45) is 0 Å². The Kier molecular flexibility index (Phi) is 3.76. The van der Waals surface area contributed by atoms with E-state index >= 15 is 0 Å². The highest BCUT2D eigenvalue weighted by molar-refractivity contribution is 5.88. The highest BCUT2D eigenvalue weighted by Crippen LogP contribution is 2.02. The van der Waals surface area contributed by atoms with Crippen LogP contribution in [0.4, 0.5) is 10.7 Å². The lowest BCUT2D eigenvalue weighted by Crippen LogP contribution is -2.35. The lowest BCUT2D eigenvalue weighted by atomic mass is 10.5. The maximum Gasteiger partial charge on any atom is 0.321 e. The van der Waals surface area contributed by atoms with Gasteiger partial charge in [0.2, 0.25) is 5.95 Å². The minimum Gasteiger partial charge on any atom is -0.339 e. The monoisotopic (exact) mass is 265 g/mol. The Morgan fingerprint density at radius 3 is 3.00 bits per heavy atom. The number of carbonyl (C=O) groups is 1. The van der Waals surface area contributed by atoms with E-state index in [9.17, 15) is 9.59 Å². The second-order valence-electron chi connectivity index (χ2n) is 4.20. The number of aromatic nitrogens is 4. The number of H-pyrrole nitrogens is 2. The molecule has 102 valence electrons. The van der Waals surface area contributed by atoms with Gasteiger partial charge in [0, 0.05) is 13.1 Å². The predicted octanol–water partition coefficient (Wildman–Crippen LogP) is -0.671. The number of fused-ring (bicyclic) bond motifs is 1. The summed E-state index contributed by atoms with van der Waals surface area (Å²) in [6, 6.07) is -0.431. The van der Waals surface area contributed by atoms with Crippen LogP contribution in [0.3, 0.4) is 0 Å². The number of aromatic amines is 2. The Balaban J connectivity index is 2.01. The minimum atomic E-state index is -0.431. The van der Waals surface area contributed by atoms with Gasteiger partial charge < -0.3 is 15.2 Å². The predicted molar refractivity (Wildman–Crippen MR) is 70.1 cm³/mol. The molecule has 2 aromatic rings. The SMILES string of the molecule is CN(C)CCNC(=O)Nc1nc2nc[nH]c2c(=O)[nH]1. The second-order valence-corrected chi connectivity index (χ2v) is 4.20. The van der Waals surface area contributed by atoms with Gasteiger partial charge in [-0.25, -0.2) is 9.78 Å². The van der Waals surface area contributed by atoms with E-state index in [-0.39, 0.29) is 22.7 Å². The summed E-state index contributed by atoms with van der Waals surface area (Å²) in [4.78, 5) is 38.1. The summed E-state index contributed by atoms with van der Waals surface area (Å²) in [5, 5.41) is 5.09. The summed E-state index contributed by atoms with van der Waals surface area (Å²) < 4.78 is 0. The first kappa shape index (κ1) is 13.0. The van der Waals surface area contributed by atoms with Gasteiger partial charge in [0.25, 0.3) is 5.56 Å². The maximum absolute atomic E-state index is 11.6. The first-order valence-corrected chi connectivity index (χ1v) is 5.69. The third-order valence-corrected chi connectivity index (χ3v) is 2.37. The van der Waals surface area contributed by atoms with Crippen LogP contribution in [0, 0.1) is 0 Å². The summed E-state index contributed by atoms with van der Waals surface area (Å²) in [6.45, 7) is 1.21. The van der Waals surface area contributed by atoms with Crippen molar-refractivity contribution in [2.75, 3.05) is 32.5 Å². The molecular weight excluding hydrogens is 250 g/mol. The number of carbonyl (C=O) groups excluding carboxylic acids is 1. The second kappa shape index (κ2) is 5.48. The van der Waals surface area contributed by atoms with Crippen molar-refractivity contribution in [3.63, 3.8) is 0 Å². The Morgan fingerprint density at radius 1 is 1.47 bits per heavy atom. The van der Waals surface area contributed by atoms with Crippen molar-refractivity contribution in [2.45, 2.75) is 0 Å². The van der Waals surface area contributed by atoms with Crippen LogP contribution in [-0.4, -0.2) is 58.1 Å². The van der Waals surface area contributed by atoms with E-state index in [1.165, 1.54) is 6.33 Å². The van der Waals surface area contributed by atoms with Crippen molar-refractivity contribution in [1.29, 1.82) is 0 Å². The smallest absolute Gasteiger partial charge is 0.321 e. The first-order valence-electron chi connectivity index (χ1n) is 5.69. The summed E-state index contributed by atoms with van der Waals surface area (Å²) >= 11 is 0. The van der Waals surface area contributed by atoms with Gasteiger partial charge in [0.05, 0.1) is 6.33 Å². The van der Waals surface area contributed by atoms with Gasteiger partial charge in [-0.1, -0.05) is 0 Å². The quantitative estimate of drug-likeness (QED) is 0.584. The van der Waals surface area contributed by atoms with Gasteiger partial charge in [0.1, 0.15) is 0 Å². The van der Waals surface area contributed by atoms with E-state index in [2.05, 4.69) is 30.6 Å². The lowest BCUT2D eigenvalue weighted by Gasteiger charge is -2.10. The summed E-state index contributed by atoms with van der Waals surface area (Å²) in [6.07, 6.45) is 1.37. The molecule has 0 aliphatic heterocycles. The number of imidazole rings is 1. The number of hydrogen-bond acceptors (Lipinski definition) is 5. The number of nitrogens with one attached hydrogen (secondary N) is 4. The first-order chi connectivity index (χ1) is 9.06. The molecule has 0 spiro atoms. The van der Waals surface area contributed by atoms with E-state index < -0.39 is 6.03 Å². The van der Waals surface area contributed by atoms with Gasteiger partial charge in [0.15, 0.2) is 11.2 Å². The molecule has 0 unspecified atom stereocenters. The topological polar surface area (TPSA) is 119 Å². The molecule has 9 heteroatoms. The zero-order valence-electron chi connectivity index (χ0n) is 10.6. The highest BCUT2D eigenvalue weighted by Gasteiger charge is 2.08. The molecule has 0 aliphatic rings. The van der Waals surface area contributed by atoms with Crippen LogP contribution >= 0.6 is 0 Å². The van der Waals surface area contributed by atoms with Crippen molar-refractivity contribution in [1.82, 2.24) is 30.2 Å². The van der Waals surface area contributed by atoms with Gasteiger partial charge in [-0.15, -0.1) is 0 Å². The molecule has 0 fully saturated rings. The number of likely N-dealkylation sites (N-methyl/N-ethyl adjacent to an activating group) is 1.